The zero-order valence-electron chi connectivity index (χ0n) is 21.3. The van der Waals surface area contributed by atoms with Crippen LogP contribution in [-0.2, 0) is 11.0 Å². The Morgan fingerprint density at radius 1 is 1.06 bits per heavy atom. The SMILES string of the molecule is CN(C)C(=S)S[C@H](CCCc1cccc(Oc2ccccc2)c1)P1(=O)N(C)[C@@H]2CCCC[C@H]2N1C. The minimum atomic E-state index is -2.75. The Labute approximate surface area is 220 Å². The molecule has 1 heterocycles. The fourth-order valence-electron chi connectivity index (χ4n) is 5.40. The standard InChI is InChI=1S/C27H38N3O2PS2/c1-28(2)27(34)35-26(33(31)29(3)24-17-8-9-18-25(24)30(33)4)19-11-13-21-12-10-16-23(20-21)32-22-14-6-5-7-15-22/h5-7,10,12,14-16,20,24-26H,8-9,11,13,17-19H2,1-4H3/t24-,25-,26-/m1/s1. The van der Waals surface area contributed by atoms with E-state index in [1.165, 1.54) is 18.4 Å². The molecule has 4 rings (SSSR count). The lowest BCUT2D eigenvalue weighted by Gasteiger charge is -2.34. The summed E-state index contributed by atoms with van der Waals surface area (Å²) in [5, 5.41) is 0. The maximum atomic E-state index is 14.7. The van der Waals surface area contributed by atoms with Crippen molar-refractivity contribution in [3.63, 3.8) is 0 Å². The minimum absolute atomic E-state index is 0.0400. The van der Waals surface area contributed by atoms with Crippen molar-refractivity contribution in [1.29, 1.82) is 0 Å². The predicted octanol–water partition coefficient (Wildman–Crippen LogP) is 7.09. The van der Waals surface area contributed by atoms with Gasteiger partial charge in [0.1, 0.15) is 15.8 Å². The highest BCUT2D eigenvalue weighted by Gasteiger charge is 2.55. The second-order valence-corrected chi connectivity index (χ2v) is 15.1. The Morgan fingerprint density at radius 3 is 2.31 bits per heavy atom. The number of ether oxygens (including phenoxy) is 1. The van der Waals surface area contributed by atoms with E-state index < -0.39 is 7.44 Å². The van der Waals surface area contributed by atoms with Crippen molar-refractivity contribution in [2.45, 2.75) is 62.0 Å². The van der Waals surface area contributed by atoms with E-state index in [9.17, 15) is 4.57 Å². The van der Waals surface area contributed by atoms with Crippen LogP contribution < -0.4 is 4.74 Å². The van der Waals surface area contributed by atoms with Gasteiger partial charge in [-0.2, -0.15) is 0 Å². The van der Waals surface area contributed by atoms with Crippen LogP contribution in [0.5, 0.6) is 11.5 Å². The Kier molecular flexibility index (Phi) is 8.99. The van der Waals surface area contributed by atoms with Gasteiger partial charge in [-0.15, -0.1) is 0 Å². The van der Waals surface area contributed by atoms with Crippen LogP contribution >= 0.6 is 31.4 Å². The third-order valence-corrected chi connectivity index (χ3v) is 13.6. The quantitative estimate of drug-likeness (QED) is 0.266. The zero-order chi connectivity index (χ0) is 25.0. The number of hydrogen-bond acceptors (Lipinski definition) is 4. The molecule has 0 bridgehead atoms. The molecule has 2 fully saturated rings. The van der Waals surface area contributed by atoms with Gasteiger partial charge in [0.25, 0.3) is 0 Å². The molecule has 0 spiro atoms. The first kappa shape index (κ1) is 26.7. The van der Waals surface area contributed by atoms with Gasteiger partial charge in [0.05, 0.1) is 4.99 Å². The van der Waals surface area contributed by atoms with E-state index in [0.29, 0.717) is 12.1 Å². The summed E-state index contributed by atoms with van der Waals surface area (Å²) in [5.41, 5.74) is 1.23. The van der Waals surface area contributed by atoms with E-state index >= 15 is 0 Å². The molecule has 190 valence electrons. The lowest BCUT2D eigenvalue weighted by atomic mass is 9.91. The molecule has 2 aromatic carbocycles. The number of thioether (sulfide) groups is 1. The lowest BCUT2D eigenvalue weighted by Crippen LogP contribution is -2.37. The summed E-state index contributed by atoms with van der Waals surface area (Å²) in [7, 11) is 5.38. The fourth-order valence-corrected chi connectivity index (χ4v) is 11.6. The molecule has 8 heteroatoms. The van der Waals surface area contributed by atoms with Gasteiger partial charge in [-0.1, -0.05) is 67.2 Å². The molecule has 1 aliphatic carbocycles. The molecule has 5 nitrogen and oxygen atoms in total. The second kappa shape index (κ2) is 11.8. The van der Waals surface area contributed by atoms with Gasteiger partial charge < -0.3 is 9.64 Å². The number of fused-ring (bicyclic) bond motifs is 1. The van der Waals surface area contributed by atoms with E-state index in [0.717, 1.165) is 47.9 Å². The van der Waals surface area contributed by atoms with Crippen molar-refractivity contribution >= 4 is 35.7 Å². The fraction of sp³-hybridized carbons (Fsp3) is 0.519. The monoisotopic (exact) mass is 531 g/mol. The molecule has 2 aliphatic rings. The van der Waals surface area contributed by atoms with Crippen LogP contribution in [0.15, 0.2) is 54.6 Å². The number of hydrogen-bond donors (Lipinski definition) is 0. The summed E-state index contributed by atoms with van der Waals surface area (Å²) in [5.74, 6) is 1.69. The third kappa shape index (κ3) is 5.97. The number of thiocarbonyl (C=S) groups is 1. The maximum absolute atomic E-state index is 14.7. The Hall–Kier alpha value is -1.37. The first-order chi connectivity index (χ1) is 16.8. The van der Waals surface area contributed by atoms with E-state index in [1.807, 2.05) is 61.5 Å². The van der Waals surface area contributed by atoms with Crippen LogP contribution in [0.25, 0.3) is 0 Å². The van der Waals surface area contributed by atoms with Crippen LogP contribution in [0.1, 0.15) is 44.1 Å². The summed E-state index contributed by atoms with van der Waals surface area (Å²) in [4.78, 5) is 1.92. The van der Waals surface area contributed by atoms with E-state index in [2.05, 4.69) is 35.6 Å². The summed E-state index contributed by atoms with van der Waals surface area (Å²) in [6, 6.07) is 19.0. The molecule has 0 unspecified atom stereocenters. The molecule has 1 aliphatic heterocycles. The van der Waals surface area contributed by atoms with Crippen molar-refractivity contribution in [2.75, 3.05) is 28.2 Å². The van der Waals surface area contributed by atoms with Crippen LogP contribution in [-0.4, -0.2) is 63.8 Å². The largest absolute Gasteiger partial charge is 0.457 e. The molecule has 1 saturated carbocycles. The first-order valence-electron chi connectivity index (χ1n) is 12.6. The van der Waals surface area contributed by atoms with Gasteiger partial charge in [-0.3, -0.25) is 4.57 Å². The molecular weight excluding hydrogens is 493 g/mol. The Morgan fingerprint density at radius 2 is 1.69 bits per heavy atom. The maximum Gasteiger partial charge on any atom is 0.229 e. The molecule has 0 radical (unpaired) electrons. The van der Waals surface area contributed by atoms with Crippen LogP contribution in [0.2, 0.25) is 0 Å². The van der Waals surface area contributed by atoms with Crippen molar-refractivity contribution in [2.24, 2.45) is 0 Å². The summed E-state index contributed by atoms with van der Waals surface area (Å²) in [6.45, 7) is 0. The number of benzene rings is 2. The molecule has 1 saturated heterocycles. The summed E-state index contributed by atoms with van der Waals surface area (Å²) in [6.07, 6.45) is 7.46. The first-order valence-corrected chi connectivity index (χ1v) is 15.5. The van der Waals surface area contributed by atoms with Crippen LogP contribution in [0.4, 0.5) is 0 Å². The molecule has 0 aromatic heterocycles. The predicted molar refractivity (Wildman–Crippen MR) is 153 cm³/mol. The van der Waals surface area contributed by atoms with Crippen molar-refractivity contribution in [3.05, 3.63) is 60.2 Å². The minimum Gasteiger partial charge on any atom is -0.457 e. The number of likely N-dealkylation sites (N-methyl/N-ethyl adjacent to an activating group) is 2. The van der Waals surface area contributed by atoms with Gasteiger partial charge in [-0.25, -0.2) is 9.34 Å². The van der Waals surface area contributed by atoms with Gasteiger partial charge in [0, 0.05) is 26.2 Å². The molecule has 3 atom stereocenters. The zero-order valence-corrected chi connectivity index (χ0v) is 23.8. The summed E-state index contributed by atoms with van der Waals surface area (Å²) >= 11 is 7.31. The van der Waals surface area contributed by atoms with E-state index in [1.54, 1.807) is 11.8 Å². The third-order valence-electron chi connectivity index (χ3n) is 7.33. The van der Waals surface area contributed by atoms with Gasteiger partial charge in [0.15, 0.2) is 0 Å². The lowest BCUT2D eigenvalue weighted by molar-refractivity contribution is 0.233. The van der Waals surface area contributed by atoms with Crippen molar-refractivity contribution < 1.29 is 9.30 Å². The van der Waals surface area contributed by atoms with E-state index in [4.69, 9.17) is 17.0 Å². The molecule has 0 N–H and O–H groups in total. The van der Waals surface area contributed by atoms with Crippen LogP contribution in [0.3, 0.4) is 0 Å². The Bertz CT molecular complexity index is 1030. The van der Waals surface area contributed by atoms with Gasteiger partial charge >= 0.3 is 0 Å². The van der Waals surface area contributed by atoms with Crippen molar-refractivity contribution in [3.8, 4) is 11.5 Å². The van der Waals surface area contributed by atoms with Crippen LogP contribution in [0, 0.1) is 0 Å². The highest BCUT2D eigenvalue weighted by atomic mass is 32.2. The summed E-state index contributed by atoms with van der Waals surface area (Å²) < 4.78 is 26.0. The second-order valence-electron chi connectivity index (χ2n) is 9.84. The molecule has 0 amide bonds. The number of nitrogens with zero attached hydrogens (tertiary/aromatic N) is 3. The van der Waals surface area contributed by atoms with Crippen molar-refractivity contribution in [1.82, 2.24) is 14.2 Å². The smallest absolute Gasteiger partial charge is 0.229 e. The van der Waals surface area contributed by atoms with Gasteiger partial charge in [-0.05, 0) is 76.0 Å². The molecular formula is C27H38N3O2PS2. The number of rotatable bonds is 8. The normalized spacial score (nSPS) is 23.0. The average Bonchev–Trinajstić information content (AvgIpc) is 3.06. The molecule has 35 heavy (non-hydrogen) atoms. The van der Waals surface area contributed by atoms with E-state index in [-0.39, 0.29) is 4.99 Å². The number of para-hydroxylation sites is 1. The number of aryl methyl sites for hydroxylation is 1. The van der Waals surface area contributed by atoms with Gasteiger partial charge in [0.2, 0.25) is 7.44 Å². The topological polar surface area (TPSA) is 36.0 Å². The highest BCUT2D eigenvalue weighted by molar-refractivity contribution is 8.26. The molecule has 2 aromatic rings. The highest BCUT2D eigenvalue weighted by Crippen LogP contribution is 2.68. The Balaban J connectivity index is 1.46. The average molecular weight is 532 g/mol.